The van der Waals surface area contributed by atoms with Gasteiger partial charge in [-0.05, 0) is 36.8 Å². The highest BCUT2D eigenvalue weighted by Crippen LogP contribution is 2.20. The molecule has 3 N–H and O–H groups in total. The fourth-order valence-corrected chi connectivity index (χ4v) is 2.83. The van der Waals surface area contributed by atoms with Gasteiger partial charge >= 0.3 is 0 Å². The van der Waals surface area contributed by atoms with Crippen LogP contribution in [0.4, 0.5) is 4.39 Å². The van der Waals surface area contributed by atoms with Crippen molar-refractivity contribution in [3.63, 3.8) is 0 Å². The molecule has 25 heavy (non-hydrogen) atoms. The standard InChI is InChI=1S/C19H21FN4O/c1-13(21)10-19(25)23-17(14-6-8-15(20)9-7-14)11-24-12-22-16-4-2-3-5-18(16)24/h2-9,12-13,17H,10-11,21H2,1H3,(H,23,25). The quantitative estimate of drug-likeness (QED) is 0.725. The summed E-state index contributed by atoms with van der Waals surface area (Å²) in [5.41, 5.74) is 8.42. The van der Waals surface area contributed by atoms with Gasteiger partial charge in [0.1, 0.15) is 5.82 Å². The molecule has 0 fully saturated rings. The lowest BCUT2D eigenvalue weighted by Crippen LogP contribution is -2.34. The molecule has 130 valence electrons. The molecule has 3 rings (SSSR count). The van der Waals surface area contributed by atoms with Crippen molar-refractivity contribution in [1.29, 1.82) is 0 Å². The zero-order valence-electron chi connectivity index (χ0n) is 14.0. The lowest BCUT2D eigenvalue weighted by Gasteiger charge is -2.21. The summed E-state index contributed by atoms with van der Waals surface area (Å²) < 4.78 is 15.2. The Morgan fingerprint density at radius 2 is 1.96 bits per heavy atom. The van der Waals surface area contributed by atoms with Crippen LogP contribution in [-0.2, 0) is 11.3 Å². The number of aromatic nitrogens is 2. The zero-order valence-corrected chi connectivity index (χ0v) is 14.0. The summed E-state index contributed by atoms with van der Waals surface area (Å²) in [7, 11) is 0. The zero-order chi connectivity index (χ0) is 17.8. The van der Waals surface area contributed by atoms with Crippen LogP contribution < -0.4 is 11.1 Å². The van der Waals surface area contributed by atoms with Crippen molar-refractivity contribution in [3.8, 4) is 0 Å². The molecule has 0 saturated heterocycles. The molecule has 0 saturated carbocycles. The first kappa shape index (κ1) is 17.1. The predicted molar refractivity (Wildman–Crippen MR) is 95.3 cm³/mol. The number of hydrogen-bond acceptors (Lipinski definition) is 3. The maximum Gasteiger partial charge on any atom is 0.222 e. The smallest absolute Gasteiger partial charge is 0.222 e. The van der Waals surface area contributed by atoms with Crippen LogP contribution in [0.3, 0.4) is 0 Å². The van der Waals surface area contributed by atoms with E-state index < -0.39 is 0 Å². The molecular weight excluding hydrogens is 319 g/mol. The summed E-state index contributed by atoms with van der Waals surface area (Å²) in [4.78, 5) is 16.6. The molecule has 0 aliphatic carbocycles. The Morgan fingerprint density at radius 1 is 1.24 bits per heavy atom. The van der Waals surface area contributed by atoms with E-state index >= 15 is 0 Å². The number of benzene rings is 2. The highest BCUT2D eigenvalue weighted by atomic mass is 19.1. The number of halogens is 1. The van der Waals surface area contributed by atoms with E-state index in [2.05, 4.69) is 10.3 Å². The molecular formula is C19H21FN4O. The number of nitrogens with two attached hydrogens (primary N) is 1. The van der Waals surface area contributed by atoms with E-state index in [-0.39, 0.29) is 30.2 Å². The Labute approximate surface area is 145 Å². The molecule has 0 spiro atoms. The topological polar surface area (TPSA) is 72.9 Å². The molecule has 1 heterocycles. The Bertz CT molecular complexity index is 857. The summed E-state index contributed by atoms with van der Waals surface area (Å²) in [5, 5.41) is 3.00. The van der Waals surface area contributed by atoms with E-state index in [1.54, 1.807) is 25.4 Å². The third-order valence-corrected chi connectivity index (χ3v) is 4.02. The number of nitrogens with one attached hydrogen (secondary N) is 1. The van der Waals surface area contributed by atoms with Crippen molar-refractivity contribution in [2.75, 3.05) is 0 Å². The fraction of sp³-hybridized carbons (Fsp3) is 0.263. The van der Waals surface area contributed by atoms with Crippen LogP contribution in [0, 0.1) is 5.82 Å². The molecule has 5 nitrogen and oxygen atoms in total. The number of nitrogens with zero attached hydrogens (tertiary/aromatic N) is 2. The van der Waals surface area contributed by atoms with Crippen LogP contribution in [0.2, 0.25) is 0 Å². The van der Waals surface area contributed by atoms with Gasteiger partial charge in [-0.2, -0.15) is 0 Å². The minimum absolute atomic E-state index is 0.131. The van der Waals surface area contributed by atoms with Crippen LogP contribution in [0.1, 0.15) is 24.9 Å². The maximum absolute atomic E-state index is 13.3. The lowest BCUT2D eigenvalue weighted by molar-refractivity contribution is -0.122. The SMILES string of the molecule is CC(N)CC(=O)NC(Cn1cnc2ccccc21)c1ccc(F)cc1. The number of amides is 1. The van der Waals surface area contributed by atoms with Crippen LogP contribution >= 0.6 is 0 Å². The van der Waals surface area contributed by atoms with E-state index in [1.165, 1.54) is 12.1 Å². The van der Waals surface area contributed by atoms with E-state index in [0.29, 0.717) is 6.54 Å². The first-order valence-electron chi connectivity index (χ1n) is 8.23. The Morgan fingerprint density at radius 3 is 2.68 bits per heavy atom. The summed E-state index contributed by atoms with van der Waals surface area (Å²) in [5.74, 6) is -0.439. The summed E-state index contributed by atoms with van der Waals surface area (Å²) in [6.07, 6.45) is 1.99. The van der Waals surface area contributed by atoms with Crippen molar-refractivity contribution >= 4 is 16.9 Å². The highest BCUT2D eigenvalue weighted by molar-refractivity contribution is 5.77. The summed E-state index contributed by atoms with van der Waals surface area (Å²) in [6, 6.07) is 13.4. The largest absolute Gasteiger partial charge is 0.347 e. The Kier molecular flexibility index (Phi) is 5.09. The first-order valence-corrected chi connectivity index (χ1v) is 8.23. The van der Waals surface area contributed by atoms with Crippen LogP contribution in [0.25, 0.3) is 11.0 Å². The first-order chi connectivity index (χ1) is 12.0. The molecule has 2 atom stereocenters. The van der Waals surface area contributed by atoms with Gasteiger partial charge in [0, 0.05) is 19.0 Å². The van der Waals surface area contributed by atoms with Gasteiger partial charge in [0.05, 0.1) is 23.4 Å². The number of carbonyl (C=O) groups excluding carboxylic acids is 1. The van der Waals surface area contributed by atoms with Crippen molar-refractivity contribution in [1.82, 2.24) is 14.9 Å². The normalized spacial score (nSPS) is 13.6. The van der Waals surface area contributed by atoms with Gasteiger partial charge in [-0.25, -0.2) is 9.37 Å². The van der Waals surface area contributed by atoms with Crippen molar-refractivity contribution in [2.24, 2.45) is 5.73 Å². The molecule has 1 aromatic heterocycles. The number of rotatable bonds is 6. The van der Waals surface area contributed by atoms with Crippen LogP contribution in [0.5, 0.6) is 0 Å². The van der Waals surface area contributed by atoms with E-state index in [1.807, 2.05) is 28.8 Å². The average molecular weight is 340 g/mol. The monoisotopic (exact) mass is 340 g/mol. The molecule has 3 aromatic rings. The Hall–Kier alpha value is -2.73. The van der Waals surface area contributed by atoms with E-state index in [4.69, 9.17) is 5.73 Å². The molecule has 0 bridgehead atoms. The third-order valence-electron chi connectivity index (χ3n) is 4.02. The Balaban J connectivity index is 1.87. The van der Waals surface area contributed by atoms with E-state index in [9.17, 15) is 9.18 Å². The van der Waals surface area contributed by atoms with Gasteiger partial charge in [0.15, 0.2) is 0 Å². The number of imidazole rings is 1. The van der Waals surface area contributed by atoms with Gasteiger partial charge in [0.2, 0.25) is 5.91 Å². The molecule has 6 heteroatoms. The third kappa shape index (κ3) is 4.22. The predicted octanol–water partition coefficient (Wildman–Crippen LogP) is 2.77. The van der Waals surface area contributed by atoms with Gasteiger partial charge in [0.25, 0.3) is 0 Å². The number of fused-ring (bicyclic) bond motifs is 1. The minimum Gasteiger partial charge on any atom is -0.347 e. The fourth-order valence-electron chi connectivity index (χ4n) is 2.83. The second-order valence-electron chi connectivity index (χ2n) is 6.24. The number of para-hydroxylation sites is 2. The van der Waals surface area contributed by atoms with Gasteiger partial charge in [-0.15, -0.1) is 0 Å². The van der Waals surface area contributed by atoms with Gasteiger partial charge in [-0.1, -0.05) is 24.3 Å². The van der Waals surface area contributed by atoms with Gasteiger partial charge in [-0.3, -0.25) is 4.79 Å². The molecule has 0 radical (unpaired) electrons. The molecule has 2 unspecified atom stereocenters. The number of carbonyl (C=O) groups is 1. The maximum atomic E-state index is 13.3. The van der Waals surface area contributed by atoms with Crippen LogP contribution in [0.15, 0.2) is 54.9 Å². The molecule has 0 aliphatic rings. The second kappa shape index (κ2) is 7.44. The minimum atomic E-state index is -0.308. The lowest BCUT2D eigenvalue weighted by atomic mass is 10.1. The molecule has 0 aliphatic heterocycles. The van der Waals surface area contributed by atoms with Crippen molar-refractivity contribution in [3.05, 3.63) is 66.2 Å². The molecule has 2 aromatic carbocycles. The average Bonchev–Trinajstić information content (AvgIpc) is 2.97. The summed E-state index contributed by atoms with van der Waals surface area (Å²) in [6.45, 7) is 2.28. The van der Waals surface area contributed by atoms with Crippen molar-refractivity contribution in [2.45, 2.75) is 32.0 Å². The van der Waals surface area contributed by atoms with E-state index in [0.717, 1.165) is 16.6 Å². The second-order valence-corrected chi connectivity index (χ2v) is 6.24. The van der Waals surface area contributed by atoms with Gasteiger partial charge < -0.3 is 15.6 Å². The molecule has 1 amide bonds. The van der Waals surface area contributed by atoms with Crippen molar-refractivity contribution < 1.29 is 9.18 Å². The number of hydrogen-bond donors (Lipinski definition) is 2. The summed E-state index contributed by atoms with van der Waals surface area (Å²) >= 11 is 0. The highest BCUT2D eigenvalue weighted by Gasteiger charge is 2.17. The van der Waals surface area contributed by atoms with Crippen LogP contribution in [-0.4, -0.2) is 21.5 Å².